The average molecular weight is 192 g/mol. The summed E-state index contributed by atoms with van der Waals surface area (Å²) in [5.74, 6) is 0. The van der Waals surface area contributed by atoms with E-state index in [4.69, 9.17) is 0 Å². The van der Waals surface area contributed by atoms with E-state index in [2.05, 4.69) is 31.3 Å². The van der Waals surface area contributed by atoms with Gasteiger partial charge in [0, 0.05) is 15.8 Å². The zero-order valence-electron chi connectivity index (χ0n) is 7.05. The van der Waals surface area contributed by atoms with Crippen LogP contribution >= 0.6 is 23.7 Å². The van der Waals surface area contributed by atoms with Crippen LogP contribution < -0.4 is 5.32 Å². The van der Waals surface area contributed by atoms with E-state index < -0.39 is 0 Å². The lowest BCUT2D eigenvalue weighted by Crippen LogP contribution is -2.10. The molecule has 0 spiro atoms. The smallest absolute Gasteiger partial charge is 0.0383 e. The van der Waals surface area contributed by atoms with Crippen LogP contribution in [-0.2, 0) is 0 Å². The van der Waals surface area contributed by atoms with E-state index in [-0.39, 0.29) is 12.4 Å². The predicted molar refractivity (Wildman–Crippen MR) is 53.8 cm³/mol. The molecule has 0 aromatic carbocycles. The third-order valence-corrected chi connectivity index (χ3v) is 2.80. The Morgan fingerprint density at radius 3 is 2.45 bits per heavy atom. The fraction of sp³-hybridized carbons (Fsp3) is 0.500. The minimum Gasteiger partial charge on any atom is -0.313 e. The van der Waals surface area contributed by atoms with Crippen molar-refractivity contribution in [2.75, 3.05) is 7.05 Å². The first-order valence-electron chi connectivity index (χ1n) is 3.47. The van der Waals surface area contributed by atoms with Gasteiger partial charge in [0.05, 0.1) is 0 Å². The highest BCUT2D eigenvalue weighted by Crippen LogP contribution is 2.21. The van der Waals surface area contributed by atoms with Gasteiger partial charge in [-0.15, -0.1) is 23.7 Å². The normalized spacial score (nSPS) is 12.3. The molecule has 0 amide bonds. The average Bonchev–Trinajstić information content (AvgIpc) is 2.34. The second-order valence-corrected chi connectivity index (χ2v) is 3.78. The lowest BCUT2D eigenvalue weighted by atomic mass is 10.3. The molecule has 0 saturated carbocycles. The van der Waals surface area contributed by atoms with Crippen LogP contribution in [0.15, 0.2) is 12.1 Å². The highest BCUT2D eigenvalue weighted by molar-refractivity contribution is 7.12. The number of halogens is 1. The molecule has 1 atom stereocenters. The topological polar surface area (TPSA) is 12.0 Å². The summed E-state index contributed by atoms with van der Waals surface area (Å²) in [4.78, 5) is 2.80. The molecule has 3 heteroatoms. The third-order valence-electron chi connectivity index (χ3n) is 1.62. The van der Waals surface area contributed by atoms with Crippen LogP contribution in [0.1, 0.15) is 22.7 Å². The fourth-order valence-corrected chi connectivity index (χ4v) is 1.77. The Morgan fingerprint density at radius 2 is 2.09 bits per heavy atom. The SMILES string of the molecule is CNC(C)c1ccc(C)s1.Cl. The number of aryl methyl sites for hydroxylation is 1. The molecule has 0 bridgehead atoms. The van der Waals surface area contributed by atoms with Gasteiger partial charge in [-0.25, -0.2) is 0 Å². The molecule has 64 valence electrons. The molecule has 0 radical (unpaired) electrons. The first-order chi connectivity index (χ1) is 4.74. The Bertz CT molecular complexity index is 210. The van der Waals surface area contributed by atoms with E-state index >= 15 is 0 Å². The van der Waals surface area contributed by atoms with Crippen LogP contribution in [-0.4, -0.2) is 7.05 Å². The van der Waals surface area contributed by atoms with Gasteiger partial charge in [0.15, 0.2) is 0 Å². The first-order valence-corrected chi connectivity index (χ1v) is 4.29. The lowest BCUT2D eigenvalue weighted by molar-refractivity contribution is 0.664. The van der Waals surface area contributed by atoms with Crippen molar-refractivity contribution >= 4 is 23.7 Å². The summed E-state index contributed by atoms with van der Waals surface area (Å²) in [6.45, 7) is 4.31. The van der Waals surface area contributed by atoms with Gasteiger partial charge in [-0.1, -0.05) is 0 Å². The molecule has 0 saturated heterocycles. The summed E-state index contributed by atoms with van der Waals surface area (Å²) in [5.41, 5.74) is 0. The summed E-state index contributed by atoms with van der Waals surface area (Å²) in [6, 6.07) is 4.84. The van der Waals surface area contributed by atoms with Gasteiger partial charge >= 0.3 is 0 Å². The summed E-state index contributed by atoms with van der Waals surface area (Å²) in [6.07, 6.45) is 0. The van der Waals surface area contributed by atoms with E-state index in [1.807, 2.05) is 18.4 Å². The number of rotatable bonds is 2. The molecule has 0 aliphatic carbocycles. The van der Waals surface area contributed by atoms with Gasteiger partial charge < -0.3 is 5.32 Å². The maximum absolute atomic E-state index is 3.20. The third kappa shape index (κ3) is 2.81. The number of hydrogen-bond acceptors (Lipinski definition) is 2. The van der Waals surface area contributed by atoms with Crippen molar-refractivity contribution in [1.29, 1.82) is 0 Å². The molecule has 1 aromatic heterocycles. The highest BCUT2D eigenvalue weighted by atomic mass is 35.5. The summed E-state index contributed by atoms with van der Waals surface area (Å²) in [5, 5.41) is 3.20. The molecule has 0 aliphatic rings. The second-order valence-electron chi connectivity index (χ2n) is 2.46. The summed E-state index contributed by atoms with van der Waals surface area (Å²) >= 11 is 1.86. The van der Waals surface area contributed by atoms with E-state index in [9.17, 15) is 0 Å². The van der Waals surface area contributed by atoms with E-state index in [0.717, 1.165) is 0 Å². The Balaban J connectivity index is 0.000001000. The monoisotopic (exact) mass is 191 g/mol. The summed E-state index contributed by atoms with van der Waals surface area (Å²) < 4.78 is 0. The van der Waals surface area contributed by atoms with E-state index in [1.54, 1.807) is 0 Å². The molecule has 0 aliphatic heterocycles. The summed E-state index contributed by atoms with van der Waals surface area (Å²) in [7, 11) is 1.99. The van der Waals surface area contributed by atoms with Gasteiger partial charge in [0.2, 0.25) is 0 Å². The van der Waals surface area contributed by atoms with Gasteiger partial charge in [0.1, 0.15) is 0 Å². The van der Waals surface area contributed by atoms with Crippen LogP contribution in [0.3, 0.4) is 0 Å². The van der Waals surface area contributed by atoms with Crippen molar-refractivity contribution in [2.24, 2.45) is 0 Å². The quantitative estimate of drug-likeness (QED) is 0.758. The van der Waals surface area contributed by atoms with Crippen LogP contribution in [0, 0.1) is 6.92 Å². The van der Waals surface area contributed by atoms with E-state index in [1.165, 1.54) is 9.75 Å². The predicted octanol–water partition coefficient (Wildman–Crippen LogP) is 2.76. The van der Waals surface area contributed by atoms with Crippen LogP contribution in [0.5, 0.6) is 0 Å². The molecule has 1 nitrogen and oxygen atoms in total. The second kappa shape index (κ2) is 4.75. The molecule has 1 N–H and O–H groups in total. The van der Waals surface area contributed by atoms with Gasteiger partial charge in [-0.05, 0) is 33.0 Å². The maximum atomic E-state index is 3.20. The van der Waals surface area contributed by atoms with Crippen molar-refractivity contribution in [2.45, 2.75) is 19.9 Å². The highest BCUT2D eigenvalue weighted by Gasteiger charge is 2.02. The minimum atomic E-state index is 0. The molecule has 1 rings (SSSR count). The molecule has 0 fully saturated rings. The molecule has 1 unspecified atom stereocenters. The van der Waals surface area contributed by atoms with Crippen molar-refractivity contribution in [1.82, 2.24) is 5.32 Å². The Morgan fingerprint density at radius 1 is 1.45 bits per heavy atom. The standard InChI is InChI=1S/C8H13NS.ClH/c1-6-4-5-8(10-6)7(2)9-3;/h4-5,7,9H,1-3H3;1H. The van der Waals surface area contributed by atoms with Crippen molar-refractivity contribution < 1.29 is 0 Å². The molecular weight excluding hydrogens is 178 g/mol. The zero-order valence-corrected chi connectivity index (χ0v) is 8.68. The number of hydrogen-bond donors (Lipinski definition) is 1. The maximum Gasteiger partial charge on any atom is 0.0383 e. The lowest BCUT2D eigenvalue weighted by Gasteiger charge is -2.05. The van der Waals surface area contributed by atoms with Crippen molar-refractivity contribution in [3.63, 3.8) is 0 Å². The Hall–Kier alpha value is -0.0500. The minimum absolute atomic E-state index is 0. The molecule has 1 heterocycles. The number of nitrogens with one attached hydrogen (secondary N) is 1. The van der Waals surface area contributed by atoms with Gasteiger partial charge in [-0.3, -0.25) is 0 Å². The van der Waals surface area contributed by atoms with Crippen molar-refractivity contribution in [3.05, 3.63) is 21.9 Å². The molecule has 11 heavy (non-hydrogen) atoms. The molecular formula is C8H14ClNS. The number of thiophene rings is 1. The van der Waals surface area contributed by atoms with E-state index in [0.29, 0.717) is 6.04 Å². The van der Waals surface area contributed by atoms with Crippen LogP contribution in [0.25, 0.3) is 0 Å². The Kier molecular flexibility index (Phi) is 4.73. The molecule has 1 aromatic rings. The Labute approximate surface area is 78.2 Å². The van der Waals surface area contributed by atoms with Gasteiger partial charge in [0.25, 0.3) is 0 Å². The van der Waals surface area contributed by atoms with Crippen LogP contribution in [0.4, 0.5) is 0 Å². The van der Waals surface area contributed by atoms with Gasteiger partial charge in [-0.2, -0.15) is 0 Å². The zero-order chi connectivity index (χ0) is 7.56. The van der Waals surface area contributed by atoms with Crippen molar-refractivity contribution in [3.8, 4) is 0 Å². The first kappa shape index (κ1) is 11.0. The fourth-order valence-electron chi connectivity index (χ4n) is 0.828. The van der Waals surface area contributed by atoms with Crippen LogP contribution in [0.2, 0.25) is 0 Å². The largest absolute Gasteiger partial charge is 0.313 e.